The minimum absolute atomic E-state index is 0.712. The van der Waals surface area contributed by atoms with Crippen LogP contribution in [0.1, 0.15) is 11.1 Å². The number of nitrogens with one attached hydrogen (secondary N) is 1. The maximum atomic E-state index is 5.84. The summed E-state index contributed by atoms with van der Waals surface area (Å²) < 4.78 is 0. The van der Waals surface area contributed by atoms with Crippen molar-refractivity contribution in [2.75, 3.05) is 37.6 Å². The van der Waals surface area contributed by atoms with Crippen LogP contribution in [0.3, 0.4) is 0 Å². The van der Waals surface area contributed by atoms with Crippen molar-refractivity contribution in [1.82, 2.24) is 5.32 Å². The van der Waals surface area contributed by atoms with Crippen LogP contribution in [0.25, 0.3) is 0 Å². The quantitative estimate of drug-likeness (QED) is 0.396. The van der Waals surface area contributed by atoms with E-state index in [9.17, 15) is 0 Å². The first-order valence-electron chi connectivity index (χ1n) is 7.67. The Hall–Kier alpha value is -2.66. The fourth-order valence-corrected chi connectivity index (χ4v) is 1.99. The first-order chi connectivity index (χ1) is 11.3. The molecule has 0 aliphatic carbocycles. The predicted octanol–water partition coefficient (Wildman–Crippen LogP) is 1.98. The van der Waals surface area contributed by atoms with Gasteiger partial charge in [0.1, 0.15) is 0 Å². The molecule has 23 heavy (non-hydrogen) atoms. The minimum atomic E-state index is 0.712. The van der Waals surface area contributed by atoms with Crippen molar-refractivity contribution >= 4 is 23.8 Å². The number of nitrogens with two attached hydrogens (primary N) is 2. The summed E-state index contributed by atoms with van der Waals surface area (Å²) in [6.45, 7) is 3.05. The highest BCUT2D eigenvalue weighted by Crippen LogP contribution is 2.07. The van der Waals surface area contributed by atoms with Gasteiger partial charge in [-0.25, -0.2) is 0 Å². The van der Waals surface area contributed by atoms with Gasteiger partial charge in [-0.05, 0) is 12.1 Å². The van der Waals surface area contributed by atoms with Crippen molar-refractivity contribution in [2.45, 2.75) is 0 Å². The highest BCUT2D eigenvalue weighted by Gasteiger charge is 1.93. The van der Waals surface area contributed by atoms with Gasteiger partial charge in [-0.3, -0.25) is 9.98 Å². The highest BCUT2D eigenvalue weighted by molar-refractivity contribution is 5.87. The first kappa shape index (κ1) is 16.7. The molecule has 5 N–H and O–H groups in total. The third-order valence-corrected chi connectivity index (χ3v) is 3.29. The molecule has 0 radical (unpaired) electrons. The zero-order valence-electron chi connectivity index (χ0n) is 13.2. The Kier molecular flexibility index (Phi) is 6.81. The Balaban J connectivity index is 1.60. The molecule has 0 fully saturated rings. The van der Waals surface area contributed by atoms with Gasteiger partial charge in [0.05, 0.1) is 13.1 Å². The molecule has 2 aromatic carbocycles. The Bertz CT molecular complexity index is 606. The molecule has 0 heterocycles. The fraction of sp³-hybridized carbons (Fsp3) is 0.222. The van der Waals surface area contributed by atoms with E-state index in [2.05, 4.69) is 15.3 Å². The van der Waals surface area contributed by atoms with E-state index in [1.165, 1.54) is 0 Å². The maximum Gasteiger partial charge on any atom is 0.0514 e. The fourth-order valence-electron chi connectivity index (χ4n) is 1.99. The molecule has 5 nitrogen and oxygen atoms in total. The normalized spacial score (nSPS) is 11.5. The number of hydrogen-bond acceptors (Lipinski definition) is 5. The zero-order valence-corrected chi connectivity index (χ0v) is 13.2. The number of hydrogen-bond donors (Lipinski definition) is 3. The van der Waals surface area contributed by atoms with Crippen molar-refractivity contribution in [3.8, 4) is 0 Å². The number of para-hydroxylation sites is 2. The first-order valence-corrected chi connectivity index (χ1v) is 7.67. The van der Waals surface area contributed by atoms with E-state index in [0.717, 1.165) is 35.6 Å². The smallest absolute Gasteiger partial charge is 0.0514 e. The van der Waals surface area contributed by atoms with E-state index >= 15 is 0 Å². The summed E-state index contributed by atoms with van der Waals surface area (Å²) in [5.74, 6) is 0. The third-order valence-electron chi connectivity index (χ3n) is 3.29. The standard InChI is InChI=1S/C18H23N5/c19-17-7-3-1-5-15(17)13-22-11-9-21-10-12-23-14-16-6-2-4-8-18(16)20/h1-8,13-14,21H,9-12,19-20H2. The average molecular weight is 309 g/mol. The molecule has 0 unspecified atom stereocenters. The Labute approximate surface area is 137 Å². The van der Waals surface area contributed by atoms with Crippen molar-refractivity contribution in [3.05, 3.63) is 59.7 Å². The van der Waals surface area contributed by atoms with E-state index in [1.54, 1.807) is 0 Å². The summed E-state index contributed by atoms with van der Waals surface area (Å²) in [6, 6.07) is 15.4. The molecule has 2 rings (SSSR count). The number of aliphatic imine (C=N–C) groups is 2. The molecule has 0 aliphatic heterocycles. The second-order valence-corrected chi connectivity index (χ2v) is 5.08. The molecule has 0 bridgehead atoms. The van der Waals surface area contributed by atoms with Crippen molar-refractivity contribution < 1.29 is 0 Å². The monoisotopic (exact) mass is 309 g/mol. The summed E-state index contributed by atoms with van der Waals surface area (Å²) in [5.41, 5.74) is 15.1. The molecule has 0 amide bonds. The lowest BCUT2D eigenvalue weighted by Crippen LogP contribution is -2.20. The van der Waals surface area contributed by atoms with Gasteiger partial charge in [0.15, 0.2) is 0 Å². The highest BCUT2D eigenvalue weighted by atomic mass is 14.9. The third kappa shape index (κ3) is 5.92. The lowest BCUT2D eigenvalue weighted by molar-refractivity contribution is 0.699. The number of anilines is 2. The van der Waals surface area contributed by atoms with Gasteiger partial charge in [-0.1, -0.05) is 36.4 Å². The van der Waals surface area contributed by atoms with E-state index < -0.39 is 0 Å². The van der Waals surface area contributed by atoms with E-state index in [1.807, 2.05) is 61.0 Å². The second-order valence-electron chi connectivity index (χ2n) is 5.08. The van der Waals surface area contributed by atoms with Crippen LogP contribution in [0.2, 0.25) is 0 Å². The zero-order chi connectivity index (χ0) is 16.3. The van der Waals surface area contributed by atoms with E-state index in [4.69, 9.17) is 11.5 Å². The van der Waals surface area contributed by atoms with Gasteiger partial charge in [-0.15, -0.1) is 0 Å². The van der Waals surface area contributed by atoms with Gasteiger partial charge < -0.3 is 16.8 Å². The number of nitrogen functional groups attached to an aromatic ring is 2. The summed E-state index contributed by atoms with van der Waals surface area (Å²) in [4.78, 5) is 8.71. The number of benzene rings is 2. The molecule has 120 valence electrons. The lowest BCUT2D eigenvalue weighted by Gasteiger charge is -2.01. The molecule has 0 saturated heterocycles. The van der Waals surface area contributed by atoms with E-state index in [-0.39, 0.29) is 0 Å². The van der Waals surface area contributed by atoms with E-state index in [0.29, 0.717) is 13.1 Å². The van der Waals surface area contributed by atoms with Crippen molar-refractivity contribution in [2.24, 2.45) is 9.98 Å². The average Bonchev–Trinajstić information content (AvgIpc) is 2.56. The van der Waals surface area contributed by atoms with Crippen LogP contribution in [0.15, 0.2) is 58.5 Å². The van der Waals surface area contributed by atoms with Gasteiger partial charge >= 0.3 is 0 Å². The molecular formula is C18H23N5. The summed E-state index contributed by atoms with van der Waals surface area (Å²) >= 11 is 0. The predicted molar refractivity (Wildman–Crippen MR) is 99.5 cm³/mol. The van der Waals surface area contributed by atoms with Crippen LogP contribution in [0, 0.1) is 0 Å². The Morgan fingerprint density at radius 3 is 1.61 bits per heavy atom. The summed E-state index contributed by atoms with van der Waals surface area (Å²) in [6.07, 6.45) is 3.63. The molecule has 0 saturated carbocycles. The van der Waals surface area contributed by atoms with Crippen LogP contribution in [-0.4, -0.2) is 38.6 Å². The summed E-state index contributed by atoms with van der Waals surface area (Å²) in [7, 11) is 0. The molecule has 0 aromatic heterocycles. The summed E-state index contributed by atoms with van der Waals surface area (Å²) in [5, 5.41) is 3.30. The minimum Gasteiger partial charge on any atom is -0.398 e. The van der Waals surface area contributed by atoms with Crippen LogP contribution < -0.4 is 16.8 Å². The SMILES string of the molecule is Nc1ccccc1C=NCCNCCN=Cc1ccccc1N. The second kappa shape index (κ2) is 9.38. The molecule has 0 aliphatic rings. The van der Waals surface area contributed by atoms with Crippen molar-refractivity contribution in [1.29, 1.82) is 0 Å². The molecular weight excluding hydrogens is 286 g/mol. The van der Waals surface area contributed by atoms with Gasteiger partial charge in [0, 0.05) is 48.0 Å². The largest absolute Gasteiger partial charge is 0.398 e. The van der Waals surface area contributed by atoms with Crippen LogP contribution >= 0.6 is 0 Å². The molecule has 2 aromatic rings. The lowest BCUT2D eigenvalue weighted by atomic mass is 10.2. The molecule has 5 heteroatoms. The number of nitrogens with zero attached hydrogens (tertiary/aromatic N) is 2. The molecule has 0 spiro atoms. The van der Waals surface area contributed by atoms with Crippen LogP contribution in [0.5, 0.6) is 0 Å². The van der Waals surface area contributed by atoms with Gasteiger partial charge in [0.25, 0.3) is 0 Å². The van der Waals surface area contributed by atoms with Crippen molar-refractivity contribution in [3.63, 3.8) is 0 Å². The van der Waals surface area contributed by atoms with Crippen LogP contribution in [-0.2, 0) is 0 Å². The van der Waals surface area contributed by atoms with Gasteiger partial charge in [-0.2, -0.15) is 0 Å². The Morgan fingerprint density at radius 1 is 0.739 bits per heavy atom. The number of rotatable bonds is 8. The van der Waals surface area contributed by atoms with Crippen LogP contribution in [0.4, 0.5) is 11.4 Å². The molecule has 0 atom stereocenters. The van der Waals surface area contributed by atoms with Gasteiger partial charge in [0.2, 0.25) is 0 Å². The maximum absolute atomic E-state index is 5.84. The topological polar surface area (TPSA) is 88.8 Å². The Morgan fingerprint density at radius 2 is 1.17 bits per heavy atom.